The van der Waals surface area contributed by atoms with Crippen molar-refractivity contribution in [3.8, 4) is 5.75 Å². The molecular formula is C24H30O7. The van der Waals surface area contributed by atoms with Gasteiger partial charge >= 0.3 is 11.8 Å². The minimum Gasteiger partial charge on any atom is -0.464 e. The quantitative estimate of drug-likeness (QED) is 0.183. The van der Waals surface area contributed by atoms with Gasteiger partial charge in [0, 0.05) is 26.1 Å². The molecule has 2 unspecified atom stereocenters. The van der Waals surface area contributed by atoms with Crippen molar-refractivity contribution >= 4 is 11.8 Å². The first-order valence-electron chi connectivity index (χ1n) is 10.2. The van der Waals surface area contributed by atoms with E-state index in [1.165, 1.54) is 12.1 Å². The molecule has 0 radical (unpaired) electrons. The molecule has 0 aromatic heterocycles. The third kappa shape index (κ3) is 6.91. The molecule has 31 heavy (non-hydrogen) atoms. The zero-order valence-corrected chi connectivity index (χ0v) is 17.9. The number of para-hydroxylation sites is 1. The van der Waals surface area contributed by atoms with Gasteiger partial charge in [0.2, 0.25) is 0 Å². The minimum atomic E-state index is -2.63. The Morgan fingerprint density at radius 1 is 1.32 bits per heavy atom. The average molecular weight is 430 g/mol. The van der Waals surface area contributed by atoms with E-state index in [1.807, 2.05) is 6.08 Å². The topological polar surface area (TPSA) is 102 Å². The molecule has 0 aliphatic heterocycles. The number of hydrogen-bond acceptors (Lipinski definition) is 7. The van der Waals surface area contributed by atoms with Gasteiger partial charge in [-0.2, -0.15) is 0 Å². The number of Topliss-reactive ketones (excluding diaryl/α,β-unsaturated/α-hetero) is 1. The molecule has 2 rings (SSSR count). The van der Waals surface area contributed by atoms with Gasteiger partial charge < -0.3 is 24.4 Å². The molecule has 1 aromatic carbocycles. The highest BCUT2D eigenvalue weighted by Gasteiger charge is 2.47. The van der Waals surface area contributed by atoms with Crippen LogP contribution >= 0.6 is 0 Å². The van der Waals surface area contributed by atoms with Crippen LogP contribution in [-0.4, -0.2) is 54.7 Å². The van der Waals surface area contributed by atoms with Gasteiger partial charge in [-0.1, -0.05) is 30.4 Å². The molecule has 7 heteroatoms. The molecule has 7 nitrogen and oxygen atoms in total. The summed E-state index contributed by atoms with van der Waals surface area (Å²) in [7, 11) is 2.73. The summed E-state index contributed by atoms with van der Waals surface area (Å²) < 4.78 is 14.9. The number of hydrogen-bond donors (Lipinski definition) is 2. The van der Waals surface area contributed by atoms with Crippen LogP contribution in [0.3, 0.4) is 0 Å². The number of ketones is 1. The fraction of sp³-hybridized carbons (Fsp3) is 0.458. The van der Waals surface area contributed by atoms with Gasteiger partial charge in [0.15, 0.2) is 6.10 Å². The largest absolute Gasteiger partial charge is 0.464 e. The molecule has 0 saturated heterocycles. The number of esters is 1. The predicted octanol–water partition coefficient (Wildman–Crippen LogP) is 2.58. The van der Waals surface area contributed by atoms with E-state index in [0.29, 0.717) is 19.4 Å². The lowest BCUT2D eigenvalue weighted by molar-refractivity contribution is -0.219. The highest BCUT2D eigenvalue weighted by atomic mass is 16.7. The highest BCUT2D eigenvalue weighted by molar-refractivity contribution is 5.84. The summed E-state index contributed by atoms with van der Waals surface area (Å²) in [6.07, 6.45) is 7.67. The van der Waals surface area contributed by atoms with E-state index in [1.54, 1.807) is 31.4 Å². The second-order valence-corrected chi connectivity index (χ2v) is 7.31. The van der Waals surface area contributed by atoms with Crippen molar-refractivity contribution in [1.82, 2.24) is 0 Å². The van der Waals surface area contributed by atoms with Crippen LogP contribution in [0.5, 0.6) is 5.75 Å². The van der Waals surface area contributed by atoms with Crippen molar-refractivity contribution in [2.45, 2.75) is 37.6 Å². The SMILES string of the molecule is COCC/C=C/[C@H]1CCC(=O)[C@@H]1CC=C=CC(O)C(O)(Oc1ccccc1)C(=O)OC. The minimum absolute atomic E-state index is 0.153. The first kappa shape index (κ1) is 24.6. The molecule has 4 atom stereocenters. The Kier molecular flexibility index (Phi) is 9.69. The third-order valence-corrected chi connectivity index (χ3v) is 5.17. The van der Waals surface area contributed by atoms with E-state index in [-0.39, 0.29) is 23.4 Å². The molecular weight excluding hydrogens is 400 g/mol. The van der Waals surface area contributed by atoms with Crippen LogP contribution in [0, 0.1) is 11.8 Å². The van der Waals surface area contributed by atoms with Gasteiger partial charge in [-0.15, -0.1) is 5.73 Å². The molecule has 2 N–H and O–H groups in total. The van der Waals surface area contributed by atoms with Crippen LogP contribution in [0.25, 0.3) is 0 Å². The number of aliphatic hydroxyl groups excluding tert-OH is 1. The van der Waals surface area contributed by atoms with Gasteiger partial charge in [-0.3, -0.25) is 4.79 Å². The highest BCUT2D eigenvalue weighted by Crippen LogP contribution is 2.32. The number of allylic oxidation sites excluding steroid dienone is 1. The second-order valence-electron chi connectivity index (χ2n) is 7.31. The van der Waals surface area contributed by atoms with E-state index in [9.17, 15) is 19.8 Å². The van der Waals surface area contributed by atoms with E-state index >= 15 is 0 Å². The normalized spacial score (nSPS) is 21.2. The van der Waals surface area contributed by atoms with Gasteiger partial charge in [-0.25, -0.2) is 4.79 Å². The number of methoxy groups -OCH3 is 2. The molecule has 1 aliphatic rings. The van der Waals surface area contributed by atoms with Crippen molar-refractivity contribution in [2.24, 2.45) is 11.8 Å². The van der Waals surface area contributed by atoms with Crippen molar-refractivity contribution in [2.75, 3.05) is 20.8 Å². The number of aliphatic hydroxyl groups is 2. The summed E-state index contributed by atoms with van der Waals surface area (Å²) in [5, 5.41) is 21.0. The summed E-state index contributed by atoms with van der Waals surface area (Å²) in [6.45, 7) is 0.635. The monoisotopic (exact) mass is 430 g/mol. The van der Waals surface area contributed by atoms with Crippen LogP contribution in [0.1, 0.15) is 25.7 Å². The standard InChI is InChI=1S/C24H30O7/c1-29-17-9-8-10-18-15-16-21(25)20(18)13-6-7-14-22(26)24(28,23(27)30-2)31-19-11-4-3-5-12-19/h3-6,8,10-12,14,18,20,22,26,28H,9,13,15-17H2,1-2H3/b10-8+/t7?,18-,20+,22?,24?/m0/s1. The maximum Gasteiger partial charge on any atom is 0.382 e. The smallest absolute Gasteiger partial charge is 0.382 e. The molecule has 0 spiro atoms. The third-order valence-electron chi connectivity index (χ3n) is 5.17. The Hall–Kier alpha value is -2.70. The zero-order valence-electron chi connectivity index (χ0n) is 17.9. The molecule has 1 fully saturated rings. The number of carbonyl (C=O) groups is 2. The summed E-state index contributed by atoms with van der Waals surface area (Å²) >= 11 is 0. The van der Waals surface area contributed by atoms with Crippen LogP contribution < -0.4 is 4.74 Å². The molecule has 0 bridgehead atoms. The van der Waals surface area contributed by atoms with Crippen LogP contribution in [0.4, 0.5) is 0 Å². The van der Waals surface area contributed by atoms with Crippen LogP contribution in [0.15, 0.2) is 60.4 Å². The van der Waals surface area contributed by atoms with Crippen molar-refractivity contribution in [3.63, 3.8) is 0 Å². The molecule has 0 amide bonds. The molecule has 168 valence electrons. The van der Waals surface area contributed by atoms with E-state index < -0.39 is 17.9 Å². The van der Waals surface area contributed by atoms with Crippen LogP contribution in [0.2, 0.25) is 0 Å². The molecule has 1 saturated carbocycles. The van der Waals surface area contributed by atoms with Gasteiger partial charge in [-0.05, 0) is 49.5 Å². The molecule has 1 aromatic rings. The number of carbonyl (C=O) groups excluding carboxylic acids is 2. The zero-order chi connectivity index (χ0) is 22.7. The Morgan fingerprint density at radius 2 is 2.06 bits per heavy atom. The van der Waals surface area contributed by atoms with Gasteiger partial charge in [0.05, 0.1) is 7.11 Å². The fourth-order valence-corrected chi connectivity index (χ4v) is 3.43. The number of ether oxygens (including phenoxy) is 3. The second kappa shape index (κ2) is 12.2. The maximum atomic E-state index is 12.2. The summed E-state index contributed by atoms with van der Waals surface area (Å²) in [5.41, 5.74) is 2.76. The Morgan fingerprint density at radius 3 is 2.74 bits per heavy atom. The van der Waals surface area contributed by atoms with E-state index in [4.69, 9.17) is 9.47 Å². The Balaban J connectivity index is 2.05. The van der Waals surface area contributed by atoms with Gasteiger partial charge in [0.25, 0.3) is 0 Å². The van der Waals surface area contributed by atoms with Crippen LogP contribution in [-0.2, 0) is 19.1 Å². The van der Waals surface area contributed by atoms with E-state index in [0.717, 1.165) is 26.0 Å². The summed E-state index contributed by atoms with van der Waals surface area (Å²) in [4.78, 5) is 24.3. The summed E-state index contributed by atoms with van der Waals surface area (Å²) in [5.74, 6) is -3.40. The first-order valence-corrected chi connectivity index (χ1v) is 10.2. The lowest BCUT2D eigenvalue weighted by Gasteiger charge is -2.28. The lowest BCUT2D eigenvalue weighted by atomic mass is 9.91. The fourth-order valence-electron chi connectivity index (χ4n) is 3.43. The van der Waals surface area contributed by atoms with Crippen molar-refractivity contribution in [3.05, 3.63) is 60.4 Å². The average Bonchev–Trinajstić information content (AvgIpc) is 3.13. The summed E-state index contributed by atoms with van der Waals surface area (Å²) in [6, 6.07) is 8.13. The predicted molar refractivity (Wildman–Crippen MR) is 114 cm³/mol. The van der Waals surface area contributed by atoms with Gasteiger partial charge in [0.1, 0.15) is 11.5 Å². The van der Waals surface area contributed by atoms with Crippen molar-refractivity contribution < 1.29 is 34.0 Å². The maximum absolute atomic E-state index is 12.2. The lowest BCUT2D eigenvalue weighted by Crippen LogP contribution is -2.54. The number of rotatable bonds is 11. The molecule has 1 aliphatic carbocycles. The van der Waals surface area contributed by atoms with E-state index in [2.05, 4.69) is 16.5 Å². The first-order chi connectivity index (χ1) is 14.9. The molecule has 0 heterocycles. The van der Waals surface area contributed by atoms with Crippen molar-refractivity contribution in [1.29, 1.82) is 0 Å². The Labute approximate surface area is 182 Å². The number of benzene rings is 1. The Bertz CT molecular complexity index is 810.